The number of hydrogen-bond acceptors (Lipinski definition) is 2. The molecule has 0 saturated carbocycles. The van der Waals surface area contributed by atoms with Gasteiger partial charge in [-0.2, -0.15) is 13.2 Å². The molecule has 0 heterocycles. The minimum Gasteiger partial charge on any atom is -0.371 e. The normalized spacial score (nSPS) is 11.9. The molecule has 6 heteroatoms. The summed E-state index contributed by atoms with van der Waals surface area (Å²) >= 11 is 0. The second-order valence-electron chi connectivity index (χ2n) is 3.98. The highest BCUT2D eigenvalue weighted by molar-refractivity contribution is 5.97. The molecule has 0 radical (unpaired) electrons. The second kappa shape index (κ2) is 5.48. The Hall–Kier alpha value is -1.43. The molecule has 0 aromatic heterocycles. The highest BCUT2D eigenvalue weighted by Gasteiger charge is 2.31. The Morgan fingerprint density at radius 1 is 1.33 bits per heavy atom. The van der Waals surface area contributed by atoms with E-state index in [4.69, 9.17) is 4.74 Å². The number of ether oxygens (including phenoxy) is 1. The van der Waals surface area contributed by atoms with E-state index >= 15 is 0 Å². The Morgan fingerprint density at radius 2 is 1.94 bits per heavy atom. The van der Waals surface area contributed by atoms with Crippen molar-refractivity contribution in [3.63, 3.8) is 0 Å². The summed E-state index contributed by atoms with van der Waals surface area (Å²) < 4.78 is 55.5. The van der Waals surface area contributed by atoms with Gasteiger partial charge in [0.2, 0.25) is 0 Å². The third-order valence-corrected chi connectivity index (χ3v) is 2.14. The summed E-state index contributed by atoms with van der Waals surface area (Å²) in [7, 11) is 0. The van der Waals surface area contributed by atoms with Crippen LogP contribution in [-0.2, 0) is 10.9 Å². The van der Waals surface area contributed by atoms with E-state index in [1.807, 2.05) is 0 Å². The zero-order valence-electron chi connectivity index (χ0n) is 9.84. The van der Waals surface area contributed by atoms with E-state index in [-0.39, 0.29) is 6.10 Å². The smallest absolute Gasteiger partial charge is 0.371 e. The van der Waals surface area contributed by atoms with Crippen LogP contribution in [0.1, 0.15) is 29.8 Å². The van der Waals surface area contributed by atoms with Gasteiger partial charge in [-0.05, 0) is 32.0 Å². The highest BCUT2D eigenvalue weighted by Crippen LogP contribution is 2.30. The summed E-state index contributed by atoms with van der Waals surface area (Å²) in [5, 5.41) is 0. The Balaban J connectivity index is 2.97. The zero-order valence-corrected chi connectivity index (χ0v) is 9.84. The first-order valence-electron chi connectivity index (χ1n) is 5.23. The van der Waals surface area contributed by atoms with Gasteiger partial charge in [-0.25, -0.2) is 4.39 Å². The van der Waals surface area contributed by atoms with Crippen LogP contribution in [0.3, 0.4) is 0 Å². The van der Waals surface area contributed by atoms with E-state index in [1.54, 1.807) is 13.8 Å². The molecule has 2 nitrogen and oxygen atoms in total. The zero-order chi connectivity index (χ0) is 13.9. The van der Waals surface area contributed by atoms with Crippen molar-refractivity contribution < 1.29 is 27.1 Å². The fourth-order valence-corrected chi connectivity index (χ4v) is 1.24. The fraction of sp³-hybridized carbons (Fsp3) is 0.417. The number of benzene rings is 1. The van der Waals surface area contributed by atoms with Crippen LogP contribution in [0.5, 0.6) is 0 Å². The number of ketones is 1. The van der Waals surface area contributed by atoms with Crippen molar-refractivity contribution in [1.82, 2.24) is 0 Å². The maximum atomic E-state index is 13.3. The van der Waals surface area contributed by atoms with Crippen LogP contribution < -0.4 is 0 Å². The molecule has 0 amide bonds. The van der Waals surface area contributed by atoms with Gasteiger partial charge in [-0.1, -0.05) is 0 Å². The largest absolute Gasteiger partial charge is 0.416 e. The molecular formula is C12H12F4O2. The fourth-order valence-electron chi connectivity index (χ4n) is 1.24. The van der Waals surface area contributed by atoms with Crippen molar-refractivity contribution in [3.8, 4) is 0 Å². The minimum atomic E-state index is -4.61. The molecule has 1 aromatic rings. The van der Waals surface area contributed by atoms with E-state index in [1.165, 1.54) is 0 Å². The summed E-state index contributed by atoms with van der Waals surface area (Å²) in [4.78, 5) is 11.5. The van der Waals surface area contributed by atoms with Crippen molar-refractivity contribution >= 4 is 5.78 Å². The third kappa shape index (κ3) is 3.80. The van der Waals surface area contributed by atoms with Gasteiger partial charge in [0.1, 0.15) is 12.4 Å². The first-order chi connectivity index (χ1) is 8.21. The third-order valence-electron chi connectivity index (χ3n) is 2.14. The Morgan fingerprint density at radius 3 is 2.44 bits per heavy atom. The lowest BCUT2D eigenvalue weighted by Crippen LogP contribution is -2.16. The van der Waals surface area contributed by atoms with Crippen molar-refractivity contribution in [2.45, 2.75) is 26.1 Å². The number of halogens is 4. The van der Waals surface area contributed by atoms with Crippen molar-refractivity contribution in [2.75, 3.05) is 6.61 Å². The topological polar surface area (TPSA) is 26.3 Å². The average molecular weight is 264 g/mol. The van der Waals surface area contributed by atoms with Gasteiger partial charge in [-0.3, -0.25) is 4.79 Å². The van der Waals surface area contributed by atoms with Gasteiger partial charge in [0.25, 0.3) is 0 Å². The Labute approximate surface area is 102 Å². The molecule has 0 aliphatic heterocycles. The number of carbonyl (C=O) groups excluding carboxylic acids is 1. The summed E-state index contributed by atoms with van der Waals surface area (Å²) in [6.07, 6.45) is -4.87. The van der Waals surface area contributed by atoms with Crippen LogP contribution in [0.25, 0.3) is 0 Å². The van der Waals surface area contributed by atoms with Crippen LogP contribution >= 0.6 is 0 Å². The lowest BCUT2D eigenvalue weighted by Gasteiger charge is -2.10. The van der Waals surface area contributed by atoms with Crippen molar-refractivity contribution in [2.24, 2.45) is 0 Å². The molecule has 0 unspecified atom stereocenters. The van der Waals surface area contributed by atoms with E-state index < -0.39 is 35.5 Å². The molecule has 0 aliphatic carbocycles. The molecule has 0 fully saturated rings. The van der Waals surface area contributed by atoms with Gasteiger partial charge in [0, 0.05) is 0 Å². The quantitative estimate of drug-likeness (QED) is 0.615. The molecule has 0 aliphatic rings. The molecule has 1 rings (SSSR count). The SMILES string of the molecule is CC(C)OCC(=O)c1cc(C(F)(F)F)ccc1F. The van der Waals surface area contributed by atoms with Crippen LogP contribution in [0.2, 0.25) is 0 Å². The highest BCUT2D eigenvalue weighted by atomic mass is 19.4. The first kappa shape index (κ1) is 14.6. The predicted molar refractivity (Wildman–Crippen MR) is 56.8 cm³/mol. The molecule has 0 atom stereocenters. The minimum absolute atomic E-state index is 0.261. The van der Waals surface area contributed by atoms with E-state index in [2.05, 4.69) is 0 Å². The predicted octanol–water partition coefficient (Wildman–Crippen LogP) is 3.45. The van der Waals surface area contributed by atoms with Crippen LogP contribution in [0.15, 0.2) is 18.2 Å². The van der Waals surface area contributed by atoms with Crippen molar-refractivity contribution in [1.29, 1.82) is 0 Å². The molecule has 0 N–H and O–H groups in total. The molecular weight excluding hydrogens is 252 g/mol. The number of carbonyl (C=O) groups is 1. The molecule has 0 spiro atoms. The van der Waals surface area contributed by atoms with Gasteiger partial charge in [0.05, 0.1) is 17.2 Å². The Kier molecular flexibility index (Phi) is 4.45. The second-order valence-corrected chi connectivity index (χ2v) is 3.98. The summed E-state index contributed by atoms with van der Waals surface area (Å²) in [6.45, 7) is 2.88. The maximum Gasteiger partial charge on any atom is 0.416 e. The van der Waals surface area contributed by atoms with Gasteiger partial charge in [0.15, 0.2) is 5.78 Å². The lowest BCUT2D eigenvalue weighted by atomic mass is 10.1. The Bertz CT molecular complexity index is 438. The van der Waals surface area contributed by atoms with Gasteiger partial charge < -0.3 is 4.74 Å². The monoisotopic (exact) mass is 264 g/mol. The maximum absolute atomic E-state index is 13.3. The lowest BCUT2D eigenvalue weighted by molar-refractivity contribution is -0.137. The summed E-state index contributed by atoms with van der Waals surface area (Å²) in [5.74, 6) is -1.80. The standard InChI is InChI=1S/C12H12F4O2/c1-7(2)18-6-11(17)9-5-8(12(14,15)16)3-4-10(9)13/h3-5,7H,6H2,1-2H3. The van der Waals surface area contributed by atoms with Gasteiger partial charge >= 0.3 is 6.18 Å². The van der Waals surface area contributed by atoms with E-state index in [9.17, 15) is 22.4 Å². The number of rotatable bonds is 4. The van der Waals surface area contributed by atoms with Crippen LogP contribution in [0, 0.1) is 5.82 Å². The van der Waals surface area contributed by atoms with Crippen molar-refractivity contribution in [3.05, 3.63) is 35.1 Å². The molecule has 100 valence electrons. The number of alkyl halides is 3. The first-order valence-corrected chi connectivity index (χ1v) is 5.23. The summed E-state index contributed by atoms with van der Waals surface area (Å²) in [5.41, 5.74) is -1.66. The molecule has 1 aromatic carbocycles. The van der Waals surface area contributed by atoms with E-state index in [0.717, 1.165) is 0 Å². The van der Waals surface area contributed by atoms with Crippen LogP contribution in [-0.4, -0.2) is 18.5 Å². The molecule has 0 saturated heterocycles. The molecule has 18 heavy (non-hydrogen) atoms. The average Bonchev–Trinajstić information content (AvgIpc) is 2.24. The van der Waals surface area contributed by atoms with Crippen LogP contribution in [0.4, 0.5) is 17.6 Å². The van der Waals surface area contributed by atoms with E-state index in [0.29, 0.717) is 18.2 Å². The number of hydrogen-bond donors (Lipinski definition) is 0. The number of Topliss-reactive ketones (excluding diaryl/α,β-unsaturated/α-hetero) is 1. The van der Waals surface area contributed by atoms with Gasteiger partial charge in [-0.15, -0.1) is 0 Å². The molecule has 0 bridgehead atoms. The summed E-state index contributed by atoms with van der Waals surface area (Å²) in [6, 6.07) is 1.72.